The molecule has 0 fully saturated rings. The number of hydrogen-bond acceptors (Lipinski definition) is 4. The zero-order chi connectivity index (χ0) is 14.1. The van der Waals surface area contributed by atoms with Crippen molar-refractivity contribution in [3.8, 4) is 17.1 Å². The Morgan fingerprint density at radius 3 is 2.55 bits per heavy atom. The van der Waals surface area contributed by atoms with Gasteiger partial charge in [-0.05, 0) is 46.8 Å². The van der Waals surface area contributed by atoms with E-state index in [4.69, 9.17) is 17.3 Å². The maximum atomic E-state index is 6.21. The highest BCUT2D eigenvalue weighted by atomic mass is 79.9. The van der Waals surface area contributed by atoms with Crippen molar-refractivity contribution in [3.05, 3.63) is 52.0 Å². The third-order valence-corrected chi connectivity index (χ3v) is 3.65. The van der Waals surface area contributed by atoms with Crippen LogP contribution in [0.1, 0.15) is 0 Å². The third-order valence-electron chi connectivity index (χ3n) is 2.81. The molecule has 1 aromatic heterocycles. The highest BCUT2D eigenvalue weighted by molar-refractivity contribution is 9.10. The first kappa shape index (κ1) is 13.1. The quantitative estimate of drug-likeness (QED) is 0.720. The first-order valence-electron chi connectivity index (χ1n) is 5.75. The molecule has 0 unspecified atom stereocenters. The Morgan fingerprint density at radius 2 is 1.85 bits per heavy atom. The van der Waals surface area contributed by atoms with Crippen LogP contribution in [0, 0.1) is 0 Å². The fraction of sp³-hybridized carbons (Fsp3) is 0. The average Bonchev–Trinajstić information content (AvgIpc) is 2.88. The van der Waals surface area contributed by atoms with Gasteiger partial charge >= 0.3 is 0 Å². The molecule has 0 atom stereocenters. The van der Waals surface area contributed by atoms with Crippen molar-refractivity contribution in [1.29, 1.82) is 0 Å². The highest BCUT2D eigenvalue weighted by Crippen LogP contribution is 2.32. The van der Waals surface area contributed by atoms with Gasteiger partial charge in [-0.1, -0.05) is 33.6 Å². The van der Waals surface area contributed by atoms with E-state index < -0.39 is 0 Å². The van der Waals surface area contributed by atoms with E-state index >= 15 is 0 Å². The van der Waals surface area contributed by atoms with E-state index in [9.17, 15) is 0 Å². The molecular weight excluding hydrogens is 342 g/mol. The molecule has 0 saturated carbocycles. The number of halogens is 2. The Labute approximate surface area is 128 Å². The fourth-order valence-corrected chi connectivity index (χ4v) is 2.41. The number of nitrogens with zero attached hydrogens (tertiary/aromatic N) is 4. The number of benzene rings is 2. The van der Waals surface area contributed by atoms with Crippen LogP contribution in [0.5, 0.6) is 0 Å². The molecule has 2 N–H and O–H groups in total. The number of rotatable bonds is 2. The van der Waals surface area contributed by atoms with E-state index in [1.54, 1.807) is 22.9 Å². The van der Waals surface area contributed by atoms with Gasteiger partial charge in [0, 0.05) is 10.2 Å². The Hall–Kier alpha value is -1.92. The van der Waals surface area contributed by atoms with Gasteiger partial charge < -0.3 is 5.73 Å². The second kappa shape index (κ2) is 5.22. The van der Waals surface area contributed by atoms with Gasteiger partial charge in [-0.3, -0.25) is 0 Å². The van der Waals surface area contributed by atoms with Crippen LogP contribution in [-0.4, -0.2) is 20.2 Å². The van der Waals surface area contributed by atoms with E-state index in [1.807, 2.05) is 24.3 Å². The third kappa shape index (κ3) is 2.28. The molecule has 0 aliphatic carbocycles. The molecule has 0 bridgehead atoms. The molecule has 1 heterocycles. The zero-order valence-electron chi connectivity index (χ0n) is 10.2. The van der Waals surface area contributed by atoms with Crippen LogP contribution in [0.25, 0.3) is 17.1 Å². The number of nitrogen functional groups attached to an aromatic ring is 1. The second-order valence-corrected chi connectivity index (χ2v) is 5.42. The number of tetrazole rings is 1. The average molecular weight is 351 g/mol. The molecule has 0 spiro atoms. The van der Waals surface area contributed by atoms with E-state index in [2.05, 4.69) is 31.5 Å². The minimum Gasteiger partial charge on any atom is -0.398 e. The highest BCUT2D eigenvalue weighted by Gasteiger charge is 2.16. The number of aromatic nitrogens is 4. The summed E-state index contributed by atoms with van der Waals surface area (Å²) in [4.78, 5) is 0. The monoisotopic (exact) mass is 349 g/mol. The largest absolute Gasteiger partial charge is 0.398 e. The van der Waals surface area contributed by atoms with Crippen molar-refractivity contribution >= 4 is 33.2 Å². The smallest absolute Gasteiger partial charge is 0.190 e. The fourth-order valence-electron chi connectivity index (χ4n) is 1.88. The first-order valence-corrected chi connectivity index (χ1v) is 6.92. The topological polar surface area (TPSA) is 69.6 Å². The molecule has 0 saturated heterocycles. The molecule has 0 aliphatic rings. The summed E-state index contributed by atoms with van der Waals surface area (Å²) >= 11 is 9.60. The van der Waals surface area contributed by atoms with Gasteiger partial charge in [0.1, 0.15) is 0 Å². The van der Waals surface area contributed by atoms with Gasteiger partial charge in [-0.2, -0.15) is 4.68 Å². The Balaban J connectivity index is 2.18. The summed E-state index contributed by atoms with van der Waals surface area (Å²) in [6.45, 7) is 0. The van der Waals surface area contributed by atoms with Crippen molar-refractivity contribution in [1.82, 2.24) is 20.2 Å². The van der Waals surface area contributed by atoms with Crippen LogP contribution in [-0.2, 0) is 0 Å². The Morgan fingerprint density at radius 1 is 1.10 bits per heavy atom. The van der Waals surface area contributed by atoms with Crippen LogP contribution in [0.3, 0.4) is 0 Å². The number of anilines is 1. The summed E-state index contributed by atoms with van der Waals surface area (Å²) in [6.07, 6.45) is 0. The molecule has 0 aliphatic heterocycles. The van der Waals surface area contributed by atoms with E-state index in [0.29, 0.717) is 22.1 Å². The molecule has 3 rings (SSSR count). The SMILES string of the molecule is Nc1cccc(Cl)c1-c1nnnn1-c1ccc(Br)cc1. The minimum atomic E-state index is 0.510. The lowest BCUT2D eigenvalue weighted by Gasteiger charge is -2.08. The van der Waals surface area contributed by atoms with Crippen LogP contribution in [0.4, 0.5) is 5.69 Å². The van der Waals surface area contributed by atoms with Crippen LogP contribution in [0.15, 0.2) is 46.9 Å². The van der Waals surface area contributed by atoms with Crippen molar-refractivity contribution in [2.75, 3.05) is 5.73 Å². The predicted octanol–water partition coefficient (Wildman–Crippen LogP) is 3.33. The molecule has 2 aromatic carbocycles. The van der Waals surface area contributed by atoms with E-state index in [-0.39, 0.29) is 0 Å². The van der Waals surface area contributed by atoms with Crippen molar-refractivity contribution in [3.63, 3.8) is 0 Å². The molecular formula is C13H9BrClN5. The molecule has 0 radical (unpaired) electrons. The minimum absolute atomic E-state index is 0.510. The van der Waals surface area contributed by atoms with Crippen molar-refractivity contribution in [2.45, 2.75) is 0 Å². The molecule has 5 nitrogen and oxygen atoms in total. The van der Waals surface area contributed by atoms with Crippen LogP contribution in [0.2, 0.25) is 5.02 Å². The van der Waals surface area contributed by atoms with Gasteiger partial charge in [0.25, 0.3) is 0 Å². The molecule has 100 valence electrons. The summed E-state index contributed by atoms with van der Waals surface area (Å²) in [5.41, 5.74) is 7.97. The van der Waals surface area contributed by atoms with Crippen LogP contribution < -0.4 is 5.73 Å². The summed E-state index contributed by atoms with van der Waals surface area (Å²) in [7, 11) is 0. The molecule has 7 heteroatoms. The van der Waals surface area contributed by atoms with Gasteiger partial charge in [0.05, 0.1) is 16.3 Å². The normalized spacial score (nSPS) is 10.7. The number of hydrogen-bond donors (Lipinski definition) is 1. The molecule has 0 amide bonds. The summed E-state index contributed by atoms with van der Waals surface area (Å²) in [5, 5.41) is 12.3. The Kier molecular flexibility index (Phi) is 3.42. The van der Waals surface area contributed by atoms with E-state index in [1.165, 1.54) is 0 Å². The van der Waals surface area contributed by atoms with Gasteiger partial charge in [0.2, 0.25) is 0 Å². The van der Waals surface area contributed by atoms with Crippen molar-refractivity contribution in [2.24, 2.45) is 0 Å². The lowest BCUT2D eigenvalue weighted by Crippen LogP contribution is -2.02. The summed E-state index contributed by atoms with van der Waals surface area (Å²) in [5.74, 6) is 0.510. The van der Waals surface area contributed by atoms with Crippen molar-refractivity contribution < 1.29 is 0 Å². The maximum Gasteiger partial charge on any atom is 0.190 e. The lowest BCUT2D eigenvalue weighted by molar-refractivity contribution is 0.791. The lowest BCUT2D eigenvalue weighted by atomic mass is 10.1. The summed E-state index contributed by atoms with van der Waals surface area (Å²) in [6, 6.07) is 12.9. The van der Waals surface area contributed by atoms with Gasteiger partial charge in [0.15, 0.2) is 5.82 Å². The molecule has 20 heavy (non-hydrogen) atoms. The first-order chi connectivity index (χ1) is 9.66. The van der Waals surface area contributed by atoms with E-state index in [0.717, 1.165) is 10.2 Å². The number of nitrogens with two attached hydrogens (primary N) is 1. The summed E-state index contributed by atoms with van der Waals surface area (Å²) < 4.78 is 2.58. The predicted molar refractivity (Wildman–Crippen MR) is 81.7 cm³/mol. The molecule has 3 aromatic rings. The zero-order valence-corrected chi connectivity index (χ0v) is 12.5. The standard InChI is InChI=1S/C13H9BrClN5/c14-8-4-6-9(7-5-8)20-13(17-18-19-20)12-10(15)2-1-3-11(12)16/h1-7H,16H2. The Bertz CT molecular complexity index is 733. The second-order valence-electron chi connectivity index (χ2n) is 4.09. The van der Waals surface area contributed by atoms with Gasteiger partial charge in [-0.15, -0.1) is 5.10 Å². The van der Waals surface area contributed by atoms with Crippen LogP contribution >= 0.6 is 27.5 Å². The maximum absolute atomic E-state index is 6.21. The van der Waals surface area contributed by atoms with Gasteiger partial charge in [-0.25, -0.2) is 0 Å².